The van der Waals surface area contributed by atoms with Gasteiger partial charge in [0.05, 0.1) is 6.20 Å². The van der Waals surface area contributed by atoms with E-state index in [1.165, 1.54) is 23.1 Å². The van der Waals surface area contributed by atoms with Gasteiger partial charge in [0.25, 0.3) is 0 Å². The van der Waals surface area contributed by atoms with Crippen molar-refractivity contribution in [1.29, 1.82) is 0 Å². The first-order valence-corrected chi connectivity index (χ1v) is 7.01. The lowest BCUT2D eigenvalue weighted by Crippen LogP contribution is -2.30. The standard InChI is InChI=1S/C14H14N2O2S/c1-9-6-10-4-2-3-5-11(10)16(8-9)14-15-7-12(19-14)13(17)18/h2-5,7,9H,6,8H2,1H3,(H,17,18). The second-order valence-electron chi connectivity index (χ2n) is 4.86. The predicted octanol–water partition coefficient (Wildman–Crippen LogP) is 3.17. The maximum absolute atomic E-state index is 11.0. The fourth-order valence-corrected chi connectivity index (χ4v) is 3.24. The van der Waals surface area contributed by atoms with Crippen molar-refractivity contribution in [2.24, 2.45) is 5.92 Å². The number of carbonyl (C=O) groups is 1. The van der Waals surface area contributed by atoms with Crippen LogP contribution in [0, 0.1) is 5.92 Å². The van der Waals surface area contributed by atoms with Crippen molar-refractivity contribution in [2.75, 3.05) is 11.4 Å². The van der Waals surface area contributed by atoms with Gasteiger partial charge in [0.1, 0.15) is 4.88 Å². The number of carboxylic acids is 1. The number of aromatic carboxylic acids is 1. The number of hydrogen-bond acceptors (Lipinski definition) is 4. The van der Waals surface area contributed by atoms with Crippen LogP contribution in [-0.4, -0.2) is 22.6 Å². The minimum Gasteiger partial charge on any atom is -0.477 e. The number of nitrogens with zero attached hydrogens (tertiary/aromatic N) is 2. The molecule has 98 valence electrons. The van der Waals surface area contributed by atoms with Crippen LogP contribution in [0.2, 0.25) is 0 Å². The van der Waals surface area contributed by atoms with Gasteiger partial charge in [-0.15, -0.1) is 0 Å². The third-order valence-electron chi connectivity index (χ3n) is 3.28. The van der Waals surface area contributed by atoms with Gasteiger partial charge in [-0.2, -0.15) is 0 Å². The molecular weight excluding hydrogens is 260 g/mol. The minimum atomic E-state index is -0.915. The van der Waals surface area contributed by atoms with Gasteiger partial charge in [-0.1, -0.05) is 36.5 Å². The van der Waals surface area contributed by atoms with Gasteiger partial charge in [0, 0.05) is 12.2 Å². The molecule has 5 heteroatoms. The highest BCUT2D eigenvalue weighted by Crippen LogP contribution is 2.36. The SMILES string of the molecule is CC1Cc2ccccc2N(c2ncc(C(=O)O)s2)C1. The van der Waals surface area contributed by atoms with E-state index in [-0.39, 0.29) is 4.88 Å². The van der Waals surface area contributed by atoms with Crippen LogP contribution in [-0.2, 0) is 6.42 Å². The Balaban J connectivity index is 2.02. The third kappa shape index (κ3) is 2.21. The van der Waals surface area contributed by atoms with Crippen LogP contribution < -0.4 is 4.90 Å². The highest BCUT2D eigenvalue weighted by atomic mass is 32.1. The molecule has 1 atom stereocenters. The molecule has 2 heterocycles. The molecular formula is C14H14N2O2S. The maximum Gasteiger partial charge on any atom is 0.347 e. The number of fused-ring (bicyclic) bond motifs is 1. The lowest BCUT2D eigenvalue weighted by atomic mass is 9.94. The van der Waals surface area contributed by atoms with Gasteiger partial charge in [0.15, 0.2) is 5.13 Å². The van der Waals surface area contributed by atoms with Crippen LogP contribution in [0.25, 0.3) is 0 Å². The number of thiazole rings is 1. The van der Waals surface area contributed by atoms with Crippen molar-refractivity contribution in [3.63, 3.8) is 0 Å². The normalized spacial score (nSPS) is 18.2. The Morgan fingerprint density at radius 2 is 2.26 bits per heavy atom. The van der Waals surface area contributed by atoms with E-state index in [1.807, 2.05) is 12.1 Å². The van der Waals surface area contributed by atoms with E-state index in [0.717, 1.165) is 23.8 Å². The lowest BCUT2D eigenvalue weighted by molar-refractivity contribution is 0.0702. The van der Waals surface area contributed by atoms with E-state index in [0.29, 0.717) is 5.92 Å². The zero-order valence-electron chi connectivity index (χ0n) is 10.5. The van der Waals surface area contributed by atoms with Crippen molar-refractivity contribution in [3.8, 4) is 0 Å². The summed E-state index contributed by atoms with van der Waals surface area (Å²) in [5.74, 6) is -0.380. The van der Waals surface area contributed by atoms with Gasteiger partial charge in [-0.25, -0.2) is 9.78 Å². The molecule has 1 aliphatic heterocycles. The monoisotopic (exact) mass is 274 g/mol. The number of hydrogen-bond donors (Lipinski definition) is 1. The Morgan fingerprint density at radius 1 is 1.47 bits per heavy atom. The molecule has 1 N–H and O–H groups in total. The Morgan fingerprint density at radius 3 is 3.00 bits per heavy atom. The van der Waals surface area contributed by atoms with Crippen LogP contribution in [0.3, 0.4) is 0 Å². The van der Waals surface area contributed by atoms with Crippen LogP contribution in [0.1, 0.15) is 22.2 Å². The summed E-state index contributed by atoms with van der Waals surface area (Å²) in [4.78, 5) is 17.6. The quantitative estimate of drug-likeness (QED) is 0.914. The first kappa shape index (κ1) is 12.2. The number of aromatic nitrogens is 1. The van der Waals surface area contributed by atoms with Gasteiger partial charge in [-0.05, 0) is 24.0 Å². The number of benzene rings is 1. The average Bonchev–Trinajstić information content (AvgIpc) is 2.87. The van der Waals surface area contributed by atoms with Crippen LogP contribution in [0.15, 0.2) is 30.5 Å². The first-order chi connectivity index (χ1) is 9.15. The van der Waals surface area contributed by atoms with E-state index < -0.39 is 5.97 Å². The van der Waals surface area contributed by atoms with Crippen LogP contribution in [0.4, 0.5) is 10.8 Å². The Hall–Kier alpha value is -1.88. The van der Waals surface area contributed by atoms with Crippen molar-refractivity contribution < 1.29 is 9.90 Å². The van der Waals surface area contributed by atoms with Gasteiger partial charge in [-0.3, -0.25) is 0 Å². The molecule has 0 bridgehead atoms. The Kier molecular flexibility index (Phi) is 2.98. The summed E-state index contributed by atoms with van der Waals surface area (Å²) in [6, 6.07) is 8.25. The molecule has 1 aromatic heterocycles. The summed E-state index contributed by atoms with van der Waals surface area (Å²) in [5, 5.41) is 9.76. The molecule has 0 saturated carbocycles. The first-order valence-electron chi connectivity index (χ1n) is 6.19. The smallest absolute Gasteiger partial charge is 0.347 e. The Labute approximate surface area is 115 Å². The number of para-hydroxylation sites is 1. The van der Waals surface area contributed by atoms with Crippen molar-refractivity contribution in [3.05, 3.63) is 40.9 Å². The van der Waals surface area contributed by atoms with E-state index in [2.05, 4.69) is 28.9 Å². The molecule has 0 saturated heterocycles. The van der Waals surface area contributed by atoms with Crippen LogP contribution in [0.5, 0.6) is 0 Å². The summed E-state index contributed by atoms with van der Waals surface area (Å²) in [7, 11) is 0. The molecule has 1 aliphatic rings. The summed E-state index contributed by atoms with van der Waals surface area (Å²) < 4.78 is 0. The molecule has 0 fully saturated rings. The van der Waals surface area contributed by atoms with Crippen LogP contribution >= 0.6 is 11.3 Å². The molecule has 1 unspecified atom stereocenters. The zero-order valence-corrected chi connectivity index (χ0v) is 11.4. The van der Waals surface area contributed by atoms with Gasteiger partial charge in [0.2, 0.25) is 0 Å². The van der Waals surface area contributed by atoms with E-state index in [9.17, 15) is 4.79 Å². The summed E-state index contributed by atoms with van der Waals surface area (Å²) in [5.41, 5.74) is 2.44. The van der Waals surface area contributed by atoms with E-state index >= 15 is 0 Å². The fraction of sp³-hybridized carbons (Fsp3) is 0.286. The zero-order chi connectivity index (χ0) is 13.4. The Bertz CT molecular complexity index is 623. The molecule has 0 spiro atoms. The minimum absolute atomic E-state index is 0.283. The number of rotatable bonds is 2. The lowest BCUT2D eigenvalue weighted by Gasteiger charge is -2.32. The van der Waals surface area contributed by atoms with Crippen molar-refractivity contribution in [1.82, 2.24) is 4.98 Å². The molecule has 2 aromatic rings. The summed E-state index contributed by atoms with van der Waals surface area (Å²) >= 11 is 1.23. The second-order valence-corrected chi connectivity index (χ2v) is 5.87. The largest absolute Gasteiger partial charge is 0.477 e. The fourth-order valence-electron chi connectivity index (χ4n) is 2.47. The van der Waals surface area contributed by atoms with Crippen molar-refractivity contribution in [2.45, 2.75) is 13.3 Å². The average molecular weight is 274 g/mol. The summed E-state index contributed by atoms with van der Waals surface area (Å²) in [6.07, 6.45) is 2.49. The molecule has 3 rings (SSSR count). The van der Waals surface area contributed by atoms with Gasteiger partial charge >= 0.3 is 5.97 Å². The second kappa shape index (κ2) is 4.66. The molecule has 1 aromatic carbocycles. The number of anilines is 2. The van der Waals surface area contributed by atoms with E-state index in [4.69, 9.17) is 5.11 Å². The highest BCUT2D eigenvalue weighted by Gasteiger charge is 2.25. The molecule has 0 radical (unpaired) electrons. The molecule has 4 nitrogen and oxygen atoms in total. The molecule has 19 heavy (non-hydrogen) atoms. The predicted molar refractivity (Wildman–Crippen MR) is 75.4 cm³/mol. The van der Waals surface area contributed by atoms with Gasteiger partial charge < -0.3 is 10.0 Å². The maximum atomic E-state index is 11.0. The molecule has 0 aliphatic carbocycles. The highest BCUT2D eigenvalue weighted by molar-refractivity contribution is 7.17. The number of carboxylic acid groups (broad SMARTS) is 1. The summed E-state index contributed by atoms with van der Waals surface area (Å²) in [6.45, 7) is 3.08. The van der Waals surface area contributed by atoms with E-state index in [1.54, 1.807) is 0 Å². The topological polar surface area (TPSA) is 53.4 Å². The third-order valence-corrected chi connectivity index (χ3v) is 4.29. The molecule has 0 amide bonds. The van der Waals surface area contributed by atoms with Crippen molar-refractivity contribution >= 4 is 28.1 Å².